The monoisotopic (exact) mass is 332 g/mol. The largest absolute Gasteiger partial charge is 0.453 e. The maximum absolute atomic E-state index is 12.0. The lowest BCUT2D eigenvalue weighted by Crippen LogP contribution is -2.52. The van der Waals surface area contributed by atoms with Crippen LogP contribution in [0.25, 0.3) is 0 Å². The molecule has 0 aliphatic heterocycles. The lowest BCUT2D eigenvalue weighted by Gasteiger charge is -2.41. The van der Waals surface area contributed by atoms with Crippen LogP contribution in [0, 0.1) is 12.8 Å². The second kappa shape index (κ2) is 8.71. The van der Waals surface area contributed by atoms with E-state index in [9.17, 15) is 9.59 Å². The molecule has 2 amide bonds. The fraction of sp³-hybridized carbons (Fsp3) is 0.579. The van der Waals surface area contributed by atoms with Crippen LogP contribution < -0.4 is 5.32 Å². The minimum atomic E-state index is -0.409. The molecule has 0 saturated heterocycles. The van der Waals surface area contributed by atoms with E-state index in [1.807, 2.05) is 30.1 Å². The van der Waals surface area contributed by atoms with E-state index in [2.05, 4.69) is 29.1 Å². The Morgan fingerprint density at radius 1 is 1.17 bits per heavy atom. The van der Waals surface area contributed by atoms with Crippen molar-refractivity contribution in [3.63, 3.8) is 0 Å². The van der Waals surface area contributed by atoms with Crippen molar-refractivity contribution in [3.8, 4) is 0 Å². The number of methoxy groups -OCH3 is 1. The molecule has 3 rings (SSSR count). The number of nitrogens with zero attached hydrogens (tertiary/aromatic N) is 1. The van der Waals surface area contributed by atoms with Gasteiger partial charge in [-0.05, 0) is 39.0 Å². The van der Waals surface area contributed by atoms with Crippen molar-refractivity contribution in [2.24, 2.45) is 5.92 Å². The Kier molecular flexibility index (Phi) is 6.64. The van der Waals surface area contributed by atoms with Crippen molar-refractivity contribution < 1.29 is 14.3 Å². The number of hydrogen-bond donors (Lipinski definition) is 1. The van der Waals surface area contributed by atoms with Crippen LogP contribution in [0.5, 0.6) is 0 Å². The molecule has 1 aromatic carbocycles. The summed E-state index contributed by atoms with van der Waals surface area (Å²) in [5.74, 6) is 0.320. The zero-order valence-electron chi connectivity index (χ0n) is 14.8. The van der Waals surface area contributed by atoms with Gasteiger partial charge in [-0.3, -0.25) is 4.79 Å². The summed E-state index contributed by atoms with van der Waals surface area (Å²) >= 11 is 0. The molecule has 0 atom stereocenters. The first-order valence-corrected chi connectivity index (χ1v) is 8.64. The van der Waals surface area contributed by atoms with Crippen LogP contribution in [0.1, 0.15) is 37.7 Å². The maximum Gasteiger partial charge on any atom is 0.407 e. The van der Waals surface area contributed by atoms with Gasteiger partial charge in [-0.25, -0.2) is 4.79 Å². The van der Waals surface area contributed by atoms with Gasteiger partial charge in [0.25, 0.3) is 0 Å². The predicted molar refractivity (Wildman–Crippen MR) is 93.6 cm³/mol. The minimum Gasteiger partial charge on any atom is -0.453 e. The van der Waals surface area contributed by atoms with Crippen LogP contribution in [0.15, 0.2) is 30.3 Å². The van der Waals surface area contributed by atoms with E-state index in [-0.39, 0.29) is 17.9 Å². The summed E-state index contributed by atoms with van der Waals surface area (Å²) in [5, 5.41) is 2.72. The number of rotatable bonds is 3. The van der Waals surface area contributed by atoms with Crippen molar-refractivity contribution in [2.45, 2.75) is 51.1 Å². The topological polar surface area (TPSA) is 58.6 Å². The number of nitrogens with one attached hydrogen (secondary N) is 1. The van der Waals surface area contributed by atoms with Gasteiger partial charge in [0, 0.05) is 25.0 Å². The molecule has 5 nitrogen and oxygen atoms in total. The number of hydrogen-bond acceptors (Lipinski definition) is 3. The first-order chi connectivity index (χ1) is 11.5. The van der Waals surface area contributed by atoms with Crippen LogP contribution in [0.2, 0.25) is 0 Å². The molecule has 0 spiro atoms. The molecule has 2 saturated carbocycles. The molecule has 132 valence electrons. The smallest absolute Gasteiger partial charge is 0.407 e. The number of aryl methyl sites for hydroxylation is 1. The normalized spacial score (nSPS) is 22.1. The van der Waals surface area contributed by atoms with E-state index in [0.29, 0.717) is 6.04 Å². The van der Waals surface area contributed by atoms with Crippen molar-refractivity contribution >= 4 is 12.0 Å². The second-order valence-corrected chi connectivity index (χ2v) is 6.69. The predicted octanol–water partition coefficient (Wildman–Crippen LogP) is 3.13. The van der Waals surface area contributed by atoms with Gasteiger partial charge in [0.15, 0.2) is 0 Å². The molecular formula is C19H28N2O3. The Labute approximate surface area is 144 Å². The molecule has 0 bridgehead atoms. The third kappa shape index (κ3) is 4.98. The van der Waals surface area contributed by atoms with Gasteiger partial charge >= 0.3 is 6.09 Å². The van der Waals surface area contributed by atoms with Crippen LogP contribution >= 0.6 is 0 Å². The highest BCUT2D eigenvalue weighted by atomic mass is 16.5. The van der Waals surface area contributed by atoms with E-state index in [1.54, 1.807) is 0 Å². The summed E-state index contributed by atoms with van der Waals surface area (Å²) in [5.41, 5.74) is 1.32. The molecule has 2 fully saturated rings. The van der Waals surface area contributed by atoms with Gasteiger partial charge in [0.05, 0.1) is 7.11 Å². The molecule has 2 aliphatic rings. The number of amides is 2. The first-order valence-electron chi connectivity index (χ1n) is 8.64. The van der Waals surface area contributed by atoms with Gasteiger partial charge < -0.3 is 15.0 Å². The van der Waals surface area contributed by atoms with E-state index < -0.39 is 6.09 Å². The Morgan fingerprint density at radius 3 is 2.21 bits per heavy atom. The van der Waals surface area contributed by atoms with Crippen molar-refractivity contribution in [1.82, 2.24) is 10.2 Å². The summed E-state index contributed by atoms with van der Waals surface area (Å²) in [6, 6.07) is 10.8. The third-order valence-corrected chi connectivity index (χ3v) is 4.91. The molecular weight excluding hydrogens is 304 g/mol. The Morgan fingerprint density at radius 2 is 1.79 bits per heavy atom. The van der Waals surface area contributed by atoms with Crippen molar-refractivity contribution in [1.29, 1.82) is 0 Å². The molecule has 0 radical (unpaired) electrons. The van der Waals surface area contributed by atoms with E-state index in [0.717, 1.165) is 25.7 Å². The second-order valence-electron chi connectivity index (χ2n) is 6.69. The number of carbonyl (C=O) groups is 2. The standard InChI is InChI=1S/C12H20N2O3.C7H8/c1-14(10-4-3-5-10)11(15)8-6-9(7-8)13-12(16)17-2;1-7-5-3-2-4-6-7/h8-10H,3-7H2,1-2H3,(H,13,16);2-6H,1H3. The lowest BCUT2D eigenvalue weighted by atomic mass is 9.78. The van der Waals surface area contributed by atoms with E-state index >= 15 is 0 Å². The third-order valence-electron chi connectivity index (χ3n) is 4.91. The van der Waals surface area contributed by atoms with Gasteiger partial charge in [-0.2, -0.15) is 0 Å². The summed E-state index contributed by atoms with van der Waals surface area (Å²) in [7, 11) is 3.24. The zero-order valence-corrected chi connectivity index (χ0v) is 14.8. The van der Waals surface area contributed by atoms with E-state index in [4.69, 9.17) is 0 Å². The fourth-order valence-electron chi connectivity index (χ4n) is 2.94. The highest BCUT2D eigenvalue weighted by Gasteiger charge is 2.39. The number of carbonyl (C=O) groups excluding carboxylic acids is 2. The highest BCUT2D eigenvalue weighted by Crippen LogP contribution is 2.32. The Balaban J connectivity index is 0.000000249. The highest BCUT2D eigenvalue weighted by molar-refractivity contribution is 5.80. The van der Waals surface area contributed by atoms with Gasteiger partial charge in [-0.1, -0.05) is 35.9 Å². The molecule has 24 heavy (non-hydrogen) atoms. The molecule has 2 aliphatic carbocycles. The quantitative estimate of drug-likeness (QED) is 0.925. The minimum absolute atomic E-state index is 0.0859. The Bertz CT molecular complexity index is 537. The average molecular weight is 332 g/mol. The SMILES string of the molecule is COC(=O)NC1CC(C(=O)N(C)C2CCC2)C1.Cc1ccccc1. The summed E-state index contributed by atoms with van der Waals surface area (Å²) < 4.78 is 4.52. The van der Waals surface area contributed by atoms with Crippen LogP contribution in [-0.2, 0) is 9.53 Å². The summed E-state index contributed by atoms with van der Waals surface area (Å²) in [6.07, 6.45) is 4.58. The molecule has 5 heteroatoms. The van der Waals surface area contributed by atoms with E-state index in [1.165, 1.54) is 19.1 Å². The van der Waals surface area contributed by atoms with Crippen molar-refractivity contribution in [3.05, 3.63) is 35.9 Å². The van der Waals surface area contributed by atoms with Gasteiger partial charge in [0.1, 0.15) is 0 Å². The number of alkyl carbamates (subject to hydrolysis) is 1. The molecule has 1 aromatic rings. The van der Waals surface area contributed by atoms with Crippen LogP contribution in [-0.4, -0.2) is 43.1 Å². The molecule has 0 unspecified atom stereocenters. The molecule has 0 heterocycles. The van der Waals surface area contributed by atoms with Gasteiger partial charge in [0.2, 0.25) is 5.91 Å². The lowest BCUT2D eigenvalue weighted by molar-refractivity contribution is -0.141. The summed E-state index contributed by atoms with van der Waals surface area (Å²) in [4.78, 5) is 24.9. The average Bonchev–Trinajstić information content (AvgIpc) is 2.49. The number of benzene rings is 1. The molecule has 1 N–H and O–H groups in total. The van der Waals surface area contributed by atoms with Crippen LogP contribution in [0.4, 0.5) is 4.79 Å². The molecule has 0 aromatic heterocycles. The Hall–Kier alpha value is -2.04. The van der Waals surface area contributed by atoms with Crippen LogP contribution in [0.3, 0.4) is 0 Å². The summed E-state index contributed by atoms with van der Waals surface area (Å²) in [6.45, 7) is 2.08. The fourth-order valence-corrected chi connectivity index (χ4v) is 2.94. The maximum atomic E-state index is 12.0. The first kappa shape index (κ1) is 18.3. The zero-order chi connectivity index (χ0) is 17.5. The van der Waals surface area contributed by atoms with Gasteiger partial charge in [-0.15, -0.1) is 0 Å². The van der Waals surface area contributed by atoms with Crippen molar-refractivity contribution in [2.75, 3.05) is 14.2 Å². The number of ether oxygens (including phenoxy) is 1.